The molecule has 1 aliphatic rings. The Bertz CT molecular complexity index is 363. The van der Waals surface area contributed by atoms with Gasteiger partial charge in [0.25, 0.3) is 0 Å². The summed E-state index contributed by atoms with van der Waals surface area (Å²) >= 11 is 0. The van der Waals surface area contributed by atoms with Crippen LogP contribution < -0.4 is 11.1 Å². The molecule has 7 nitrogen and oxygen atoms in total. The molecule has 0 atom stereocenters. The Labute approximate surface area is 92.4 Å². The maximum atomic E-state index is 11.9. The summed E-state index contributed by atoms with van der Waals surface area (Å²) < 4.78 is 5.16. The highest BCUT2D eigenvalue weighted by Gasteiger charge is 2.36. The molecule has 1 fully saturated rings. The van der Waals surface area contributed by atoms with Gasteiger partial charge in [-0.3, -0.25) is 10.1 Å². The Hall–Kier alpha value is -1.60. The van der Waals surface area contributed by atoms with Crippen molar-refractivity contribution >= 4 is 11.9 Å². The molecule has 0 saturated carbocycles. The molecule has 16 heavy (non-hydrogen) atoms. The van der Waals surface area contributed by atoms with Gasteiger partial charge in [-0.15, -0.1) is 5.10 Å². The lowest BCUT2D eigenvalue weighted by molar-refractivity contribution is -0.124. The summed E-state index contributed by atoms with van der Waals surface area (Å²) in [5, 5.41) is 9.83. The Morgan fingerprint density at radius 1 is 1.44 bits per heavy atom. The van der Waals surface area contributed by atoms with Crippen molar-refractivity contribution in [3.05, 3.63) is 12.4 Å². The number of hydrogen-bond acceptors (Lipinski definition) is 6. The third kappa shape index (κ3) is 2.31. The molecule has 2 heterocycles. The minimum absolute atomic E-state index is 0.170. The van der Waals surface area contributed by atoms with Crippen LogP contribution in [0.25, 0.3) is 0 Å². The molecule has 0 aromatic carbocycles. The van der Waals surface area contributed by atoms with Crippen LogP contribution >= 0.6 is 0 Å². The van der Waals surface area contributed by atoms with Crippen molar-refractivity contribution in [1.29, 1.82) is 0 Å². The van der Waals surface area contributed by atoms with Gasteiger partial charge < -0.3 is 10.5 Å². The third-order valence-corrected chi connectivity index (χ3v) is 2.55. The van der Waals surface area contributed by atoms with Crippen molar-refractivity contribution in [3.63, 3.8) is 0 Å². The molecule has 3 N–H and O–H groups in total. The van der Waals surface area contributed by atoms with Gasteiger partial charge in [0, 0.05) is 13.2 Å². The number of carbonyl (C=O) groups is 1. The lowest BCUT2D eigenvalue weighted by Crippen LogP contribution is -2.54. The number of amides is 1. The first-order chi connectivity index (χ1) is 7.71. The lowest BCUT2D eigenvalue weighted by atomic mass is 9.90. The zero-order valence-electron chi connectivity index (χ0n) is 8.72. The fraction of sp³-hybridized carbons (Fsp3) is 0.556. The van der Waals surface area contributed by atoms with Crippen molar-refractivity contribution in [2.24, 2.45) is 5.73 Å². The predicted molar refractivity (Wildman–Crippen MR) is 55.4 cm³/mol. The molecule has 1 aromatic heterocycles. The summed E-state index contributed by atoms with van der Waals surface area (Å²) in [5.41, 5.74) is 5.09. The number of carbonyl (C=O) groups excluding carboxylic acids is 1. The second-order valence-electron chi connectivity index (χ2n) is 3.69. The van der Waals surface area contributed by atoms with E-state index in [9.17, 15) is 4.79 Å². The molecular weight excluding hydrogens is 210 g/mol. The first-order valence-electron chi connectivity index (χ1n) is 5.02. The van der Waals surface area contributed by atoms with E-state index in [0.29, 0.717) is 26.1 Å². The van der Waals surface area contributed by atoms with Crippen LogP contribution in [0.2, 0.25) is 0 Å². The van der Waals surface area contributed by atoms with Crippen LogP contribution in [-0.2, 0) is 9.53 Å². The van der Waals surface area contributed by atoms with Crippen LogP contribution in [0.5, 0.6) is 0 Å². The number of anilines is 1. The monoisotopic (exact) mass is 223 g/mol. The van der Waals surface area contributed by atoms with Crippen LogP contribution in [0.1, 0.15) is 12.8 Å². The molecule has 0 aliphatic carbocycles. The predicted octanol–water partition coefficient (Wildman–Crippen LogP) is -0.682. The molecule has 1 amide bonds. The third-order valence-electron chi connectivity index (χ3n) is 2.55. The zero-order valence-corrected chi connectivity index (χ0v) is 8.72. The average Bonchev–Trinajstić information content (AvgIpc) is 2.31. The van der Waals surface area contributed by atoms with Gasteiger partial charge in [-0.1, -0.05) is 0 Å². The Balaban J connectivity index is 2.02. The van der Waals surface area contributed by atoms with Gasteiger partial charge in [-0.05, 0) is 12.8 Å². The summed E-state index contributed by atoms with van der Waals surface area (Å²) in [6.07, 6.45) is 3.89. The van der Waals surface area contributed by atoms with E-state index in [0.717, 1.165) is 0 Å². The number of ether oxygens (including phenoxy) is 1. The summed E-state index contributed by atoms with van der Waals surface area (Å²) in [5.74, 6) is -0.118. The van der Waals surface area contributed by atoms with Crippen LogP contribution in [0, 0.1) is 0 Å². The quantitative estimate of drug-likeness (QED) is 0.688. The van der Waals surface area contributed by atoms with Gasteiger partial charge in [0.1, 0.15) is 5.54 Å². The molecule has 1 aliphatic heterocycles. The molecule has 1 saturated heterocycles. The molecule has 86 valence electrons. The smallest absolute Gasteiger partial charge is 0.249 e. The molecule has 0 unspecified atom stereocenters. The van der Waals surface area contributed by atoms with Crippen LogP contribution in [0.3, 0.4) is 0 Å². The minimum Gasteiger partial charge on any atom is -0.381 e. The maximum absolute atomic E-state index is 11.9. The molecule has 0 spiro atoms. The second kappa shape index (κ2) is 4.50. The topological polar surface area (TPSA) is 103 Å². The summed E-state index contributed by atoms with van der Waals surface area (Å²) in [7, 11) is 0. The second-order valence-corrected chi connectivity index (χ2v) is 3.69. The van der Waals surface area contributed by atoms with E-state index < -0.39 is 5.54 Å². The Kier molecular flexibility index (Phi) is 3.07. The molecule has 2 rings (SSSR count). The highest BCUT2D eigenvalue weighted by molar-refractivity contribution is 5.96. The normalized spacial score (nSPS) is 19.1. The number of rotatable bonds is 2. The first kappa shape index (κ1) is 10.9. The average molecular weight is 223 g/mol. The van der Waals surface area contributed by atoms with Crippen molar-refractivity contribution in [2.45, 2.75) is 18.4 Å². The number of nitrogens with zero attached hydrogens (tertiary/aromatic N) is 3. The highest BCUT2D eigenvalue weighted by Crippen LogP contribution is 2.18. The van der Waals surface area contributed by atoms with Crippen LogP contribution in [0.4, 0.5) is 5.95 Å². The summed E-state index contributed by atoms with van der Waals surface area (Å²) in [4.78, 5) is 15.7. The van der Waals surface area contributed by atoms with Gasteiger partial charge in [0.2, 0.25) is 11.9 Å². The van der Waals surface area contributed by atoms with E-state index in [1.54, 1.807) is 0 Å². The van der Waals surface area contributed by atoms with E-state index in [2.05, 4.69) is 20.5 Å². The maximum Gasteiger partial charge on any atom is 0.249 e. The summed E-state index contributed by atoms with van der Waals surface area (Å²) in [6.45, 7) is 0.996. The molecule has 0 radical (unpaired) electrons. The van der Waals surface area contributed by atoms with Crippen molar-refractivity contribution in [1.82, 2.24) is 15.2 Å². The first-order valence-corrected chi connectivity index (χ1v) is 5.02. The number of nitrogens with two attached hydrogens (primary N) is 1. The fourth-order valence-electron chi connectivity index (χ4n) is 1.49. The lowest BCUT2D eigenvalue weighted by Gasteiger charge is -2.31. The van der Waals surface area contributed by atoms with E-state index in [1.807, 2.05) is 0 Å². The number of nitrogens with one attached hydrogen (secondary N) is 1. The fourth-order valence-corrected chi connectivity index (χ4v) is 1.49. The highest BCUT2D eigenvalue weighted by atomic mass is 16.5. The van der Waals surface area contributed by atoms with Crippen molar-refractivity contribution in [2.75, 3.05) is 18.5 Å². The molecular formula is C9H13N5O2. The van der Waals surface area contributed by atoms with Gasteiger partial charge in [0.05, 0.1) is 12.4 Å². The van der Waals surface area contributed by atoms with E-state index in [1.165, 1.54) is 12.4 Å². The Morgan fingerprint density at radius 2 is 2.19 bits per heavy atom. The minimum atomic E-state index is -0.891. The zero-order chi connectivity index (χ0) is 11.4. The van der Waals surface area contributed by atoms with Gasteiger partial charge in [-0.2, -0.15) is 5.10 Å². The molecule has 0 bridgehead atoms. The SMILES string of the molecule is NC1(C(=O)Nc2nccnn2)CCOCC1. The van der Waals surface area contributed by atoms with Gasteiger partial charge in [-0.25, -0.2) is 4.98 Å². The summed E-state index contributed by atoms with van der Waals surface area (Å²) in [6, 6.07) is 0. The molecule has 1 aromatic rings. The van der Waals surface area contributed by atoms with Gasteiger partial charge >= 0.3 is 0 Å². The molecule has 7 heteroatoms. The Morgan fingerprint density at radius 3 is 2.81 bits per heavy atom. The van der Waals surface area contributed by atoms with Crippen molar-refractivity contribution < 1.29 is 9.53 Å². The largest absolute Gasteiger partial charge is 0.381 e. The number of hydrogen-bond donors (Lipinski definition) is 2. The van der Waals surface area contributed by atoms with Gasteiger partial charge in [0.15, 0.2) is 0 Å². The number of aromatic nitrogens is 3. The van der Waals surface area contributed by atoms with Crippen LogP contribution in [-0.4, -0.2) is 39.8 Å². The van der Waals surface area contributed by atoms with E-state index >= 15 is 0 Å². The standard InChI is InChI=1S/C9H13N5O2/c10-9(1-5-16-6-2-9)7(15)13-8-11-3-4-12-14-8/h3-4H,1-2,5-6,10H2,(H,11,13,14,15). The van der Waals surface area contributed by atoms with E-state index in [4.69, 9.17) is 10.5 Å². The van der Waals surface area contributed by atoms with E-state index in [-0.39, 0.29) is 11.9 Å². The van der Waals surface area contributed by atoms with Crippen LogP contribution in [0.15, 0.2) is 12.4 Å². The van der Waals surface area contributed by atoms with Crippen molar-refractivity contribution in [3.8, 4) is 0 Å².